The summed E-state index contributed by atoms with van der Waals surface area (Å²) in [5, 5.41) is 6.38. The van der Waals surface area contributed by atoms with Gasteiger partial charge in [0.2, 0.25) is 0 Å². The molecule has 4 nitrogen and oxygen atoms in total. The lowest BCUT2D eigenvalue weighted by Gasteiger charge is -2.29. The van der Waals surface area contributed by atoms with Crippen LogP contribution in [0.2, 0.25) is 0 Å². The molecular weight excluding hydrogens is 204 g/mol. The number of amides is 1. The van der Waals surface area contributed by atoms with E-state index in [1.54, 1.807) is 21.0 Å². The average molecular weight is 228 g/mol. The van der Waals surface area contributed by atoms with Crippen molar-refractivity contribution < 1.29 is 9.53 Å². The van der Waals surface area contributed by atoms with Crippen LogP contribution in [0.15, 0.2) is 0 Å². The Bertz CT molecular complexity index is 233. The first-order valence-corrected chi connectivity index (χ1v) is 6.02. The minimum absolute atomic E-state index is 0.0337. The summed E-state index contributed by atoms with van der Waals surface area (Å²) in [5.41, 5.74) is -0.727. The van der Waals surface area contributed by atoms with Crippen LogP contribution in [-0.2, 0) is 9.53 Å². The highest BCUT2D eigenvalue weighted by atomic mass is 16.5. The molecule has 2 unspecified atom stereocenters. The van der Waals surface area contributed by atoms with Crippen LogP contribution >= 0.6 is 0 Å². The van der Waals surface area contributed by atoms with E-state index < -0.39 is 5.60 Å². The predicted octanol–water partition coefficient (Wildman–Crippen LogP) is 0.916. The largest absolute Gasteiger partial charge is 0.369 e. The Morgan fingerprint density at radius 1 is 1.50 bits per heavy atom. The summed E-state index contributed by atoms with van der Waals surface area (Å²) in [6.45, 7) is 7.50. The van der Waals surface area contributed by atoms with Crippen LogP contribution in [0.1, 0.15) is 33.6 Å². The first-order valence-electron chi connectivity index (χ1n) is 6.02. The molecule has 0 radical (unpaired) electrons. The Kier molecular flexibility index (Phi) is 4.74. The fraction of sp³-hybridized carbons (Fsp3) is 0.917. The molecule has 1 amide bonds. The van der Waals surface area contributed by atoms with E-state index in [1.165, 1.54) is 12.8 Å². The molecule has 0 aliphatic carbocycles. The van der Waals surface area contributed by atoms with Crippen molar-refractivity contribution in [2.24, 2.45) is 5.92 Å². The molecule has 1 saturated heterocycles. The molecule has 0 aromatic heterocycles. The second-order valence-corrected chi connectivity index (χ2v) is 5.18. The number of carbonyl (C=O) groups is 1. The highest BCUT2D eigenvalue weighted by Gasteiger charge is 2.27. The van der Waals surface area contributed by atoms with Crippen molar-refractivity contribution >= 4 is 5.91 Å². The number of nitrogens with one attached hydrogen (secondary N) is 2. The second-order valence-electron chi connectivity index (χ2n) is 5.18. The lowest BCUT2D eigenvalue weighted by atomic mass is 9.95. The molecule has 0 spiro atoms. The van der Waals surface area contributed by atoms with Gasteiger partial charge < -0.3 is 15.4 Å². The zero-order valence-corrected chi connectivity index (χ0v) is 10.8. The summed E-state index contributed by atoms with van der Waals surface area (Å²) in [6, 6.07) is 0.613. The topological polar surface area (TPSA) is 50.4 Å². The third-order valence-electron chi connectivity index (χ3n) is 3.37. The fourth-order valence-electron chi connectivity index (χ4n) is 1.77. The molecule has 1 rings (SSSR count). The quantitative estimate of drug-likeness (QED) is 0.752. The Hall–Kier alpha value is -0.610. The molecule has 94 valence electrons. The molecule has 1 heterocycles. The van der Waals surface area contributed by atoms with E-state index in [2.05, 4.69) is 17.6 Å². The Morgan fingerprint density at radius 2 is 2.19 bits per heavy atom. The van der Waals surface area contributed by atoms with E-state index >= 15 is 0 Å². The molecule has 2 atom stereocenters. The summed E-state index contributed by atoms with van der Waals surface area (Å²) >= 11 is 0. The number of ether oxygens (including phenoxy) is 1. The molecule has 0 aromatic rings. The number of methoxy groups -OCH3 is 1. The summed E-state index contributed by atoms with van der Waals surface area (Å²) in [6.07, 6.45) is 2.37. The van der Waals surface area contributed by atoms with Crippen LogP contribution in [0.4, 0.5) is 0 Å². The van der Waals surface area contributed by atoms with Crippen LogP contribution in [0.5, 0.6) is 0 Å². The minimum atomic E-state index is -0.727. The maximum absolute atomic E-state index is 11.7. The van der Waals surface area contributed by atoms with Gasteiger partial charge in [-0.3, -0.25) is 4.79 Å². The first-order chi connectivity index (χ1) is 7.45. The summed E-state index contributed by atoms with van der Waals surface area (Å²) in [5.74, 6) is 0.515. The van der Waals surface area contributed by atoms with Crippen molar-refractivity contribution in [1.82, 2.24) is 10.6 Å². The lowest BCUT2D eigenvalue weighted by molar-refractivity contribution is -0.139. The van der Waals surface area contributed by atoms with E-state index in [-0.39, 0.29) is 5.91 Å². The summed E-state index contributed by atoms with van der Waals surface area (Å²) < 4.78 is 5.13. The molecule has 2 N–H and O–H groups in total. The van der Waals surface area contributed by atoms with Gasteiger partial charge in [0.25, 0.3) is 5.91 Å². The number of hydrogen-bond acceptors (Lipinski definition) is 3. The normalized spacial score (nSPS) is 26.5. The van der Waals surface area contributed by atoms with E-state index in [0.29, 0.717) is 12.0 Å². The number of hydrogen-bond donors (Lipinski definition) is 2. The maximum Gasteiger partial charge on any atom is 0.251 e. The standard InChI is InChI=1S/C12H24N2O2/c1-9-5-6-10(7-13-9)8-14-11(15)12(2,3)16-4/h9-10,13H,5-8H2,1-4H3,(H,14,15). The van der Waals surface area contributed by atoms with Gasteiger partial charge in [-0.15, -0.1) is 0 Å². The Balaban J connectivity index is 2.27. The number of carbonyl (C=O) groups excluding carboxylic acids is 1. The summed E-state index contributed by atoms with van der Waals surface area (Å²) in [4.78, 5) is 11.7. The van der Waals surface area contributed by atoms with Gasteiger partial charge in [-0.1, -0.05) is 0 Å². The molecule has 0 bridgehead atoms. The number of rotatable bonds is 4. The molecular formula is C12H24N2O2. The van der Waals surface area contributed by atoms with Crippen LogP contribution in [0.25, 0.3) is 0 Å². The van der Waals surface area contributed by atoms with Crippen molar-refractivity contribution in [2.75, 3.05) is 20.2 Å². The summed E-state index contributed by atoms with van der Waals surface area (Å²) in [7, 11) is 1.56. The van der Waals surface area contributed by atoms with Crippen molar-refractivity contribution in [3.8, 4) is 0 Å². The van der Waals surface area contributed by atoms with Crippen molar-refractivity contribution in [3.05, 3.63) is 0 Å². The van der Waals surface area contributed by atoms with E-state index in [0.717, 1.165) is 13.1 Å². The van der Waals surface area contributed by atoms with Gasteiger partial charge in [-0.2, -0.15) is 0 Å². The molecule has 1 fully saturated rings. The molecule has 1 aliphatic rings. The molecule has 1 aliphatic heterocycles. The van der Waals surface area contributed by atoms with Gasteiger partial charge in [0.1, 0.15) is 5.60 Å². The fourth-order valence-corrected chi connectivity index (χ4v) is 1.77. The second kappa shape index (κ2) is 5.64. The highest BCUT2D eigenvalue weighted by Crippen LogP contribution is 2.14. The van der Waals surface area contributed by atoms with Gasteiger partial charge in [0, 0.05) is 19.7 Å². The van der Waals surface area contributed by atoms with Crippen molar-refractivity contribution in [1.29, 1.82) is 0 Å². The van der Waals surface area contributed by atoms with Crippen molar-refractivity contribution in [3.63, 3.8) is 0 Å². The van der Waals surface area contributed by atoms with Gasteiger partial charge in [-0.25, -0.2) is 0 Å². The van der Waals surface area contributed by atoms with E-state index in [1.807, 2.05) is 0 Å². The van der Waals surface area contributed by atoms with Gasteiger partial charge in [0.15, 0.2) is 0 Å². The molecule has 4 heteroatoms. The molecule has 16 heavy (non-hydrogen) atoms. The molecule has 0 saturated carbocycles. The van der Waals surface area contributed by atoms with Crippen molar-refractivity contribution in [2.45, 2.75) is 45.3 Å². The van der Waals surface area contributed by atoms with Gasteiger partial charge in [0.05, 0.1) is 0 Å². The predicted molar refractivity (Wildman–Crippen MR) is 64.3 cm³/mol. The third-order valence-corrected chi connectivity index (χ3v) is 3.37. The van der Waals surface area contributed by atoms with Crippen LogP contribution in [-0.4, -0.2) is 37.7 Å². The monoisotopic (exact) mass is 228 g/mol. The number of piperidine rings is 1. The maximum atomic E-state index is 11.7. The minimum Gasteiger partial charge on any atom is -0.369 e. The third kappa shape index (κ3) is 3.76. The van der Waals surface area contributed by atoms with Gasteiger partial charge >= 0.3 is 0 Å². The van der Waals surface area contributed by atoms with Crippen LogP contribution in [0.3, 0.4) is 0 Å². The molecule has 0 aromatic carbocycles. The zero-order valence-electron chi connectivity index (χ0n) is 10.8. The zero-order chi connectivity index (χ0) is 12.2. The highest BCUT2D eigenvalue weighted by molar-refractivity contribution is 5.84. The van der Waals surface area contributed by atoms with Gasteiger partial charge in [-0.05, 0) is 46.1 Å². The Labute approximate surface area is 98.1 Å². The van der Waals surface area contributed by atoms with Crippen LogP contribution < -0.4 is 10.6 Å². The smallest absolute Gasteiger partial charge is 0.251 e. The van der Waals surface area contributed by atoms with E-state index in [9.17, 15) is 4.79 Å². The van der Waals surface area contributed by atoms with Crippen LogP contribution in [0, 0.1) is 5.92 Å². The lowest BCUT2D eigenvalue weighted by Crippen LogP contribution is -2.47. The average Bonchev–Trinajstić information content (AvgIpc) is 2.28. The first kappa shape index (κ1) is 13.5. The Morgan fingerprint density at radius 3 is 2.69 bits per heavy atom. The van der Waals surface area contributed by atoms with E-state index in [4.69, 9.17) is 4.74 Å². The SMILES string of the molecule is COC(C)(C)C(=O)NCC1CCC(C)NC1.